The van der Waals surface area contributed by atoms with E-state index in [1.165, 1.54) is 32.4 Å². The molecule has 0 unspecified atom stereocenters. The lowest BCUT2D eigenvalue weighted by molar-refractivity contribution is -0.0914. The van der Waals surface area contributed by atoms with Crippen molar-refractivity contribution in [3.63, 3.8) is 0 Å². The molecular weight excluding hydrogens is 684 g/mol. The van der Waals surface area contributed by atoms with Gasteiger partial charge in [-0.05, 0) is 57.1 Å². The average Bonchev–Trinajstić information content (AvgIpc) is 3.51. The van der Waals surface area contributed by atoms with Crippen LogP contribution in [0.5, 0.6) is 0 Å². The lowest BCUT2D eigenvalue weighted by atomic mass is 9.86. The van der Waals surface area contributed by atoms with Crippen molar-refractivity contribution in [2.75, 3.05) is 19.6 Å². The highest BCUT2D eigenvalue weighted by Gasteiger charge is 2.46. The second-order valence-electron chi connectivity index (χ2n) is 11.5. The lowest BCUT2D eigenvalue weighted by Crippen LogP contribution is -2.42. The summed E-state index contributed by atoms with van der Waals surface area (Å²) in [6, 6.07) is 8.48. The molecule has 1 aliphatic heterocycles. The Hall–Kier alpha value is -4.89. The molecular formula is C34H25ClF4N6O3S. The molecule has 0 saturated carbocycles. The molecule has 1 aliphatic rings. The Labute approximate surface area is 285 Å². The van der Waals surface area contributed by atoms with Crippen LogP contribution in [0.4, 0.5) is 17.6 Å². The minimum atomic E-state index is -3.60. The van der Waals surface area contributed by atoms with Crippen LogP contribution < -0.4 is 5.56 Å². The summed E-state index contributed by atoms with van der Waals surface area (Å²) in [5.41, 5.74) is -0.0172. The van der Waals surface area contributed by atoms with Gasteiger partial charge in [-0.25, -0.2) is 18.6 Å². The SMILES string of the molecule is Cc1nc2cnc(C(F)(F)C3CCN(CC(F)F)CC3)c(C#N)c2c(=O)n1CC#Cc1ccc(Cl)cc1-c1ccnc2c(C(=O)O)csc12. The molecule has 0 aliphatic carbocycles. The van der Waals surface area contributed by atoms with E-state index in [9.17, 15) is 28.7 Å². The Balaban J connectivity index is 1.36. The second kappa shape index (κ2) is 13.6. The van der Waals surface area contributed by atoms with Gasteiger partial charge in [-0.15, -0.1) is 11.3 Å². The fraction of sp³-hybridized carbons (Fsp3) is 0.294. The molecule has 250 valence electrons. The number of fused-ring (bicyclic) bond motifs is 2. The van der Waals surface area contributed by atoms with E-state index in [-0.39, 0.29) is 54.8 Å². The minimum Gasteiger partial charge on any atom is -0.478 e. The van der Waals surface area contributed by atoms with Crippen molar-refractivity contribution in [1.82, 2.24) is 24.4 Å². The number of hydrogen-bond donors (Lipinski definition) is 1. The fourth-order valence-corrected chi connectivity index (χ4v) is 7.29. The standard InChI is InChI=1S/C34H25ClF4N6O3S/c1-18-43-26-15-42-31(34(38,39)20-7-11-44(12-8-20)16-27(36)37)24(14-40)28(26)32(46)45(18)10-2-3-19-4-5-21(35)13-23(19)22-6-9-41-29-25(33(47)48)17-49-30(22)29/h4-6,9,13,15,17,20,27H,7-8,10-12,16H2,1H3,(H,47,48). The molecule has 0 atom stereocenters. The van der Waals surface area contributed by atoms with Crippen molar-refractivity contribution >= 4 is 50.0 Å². The Kier molecular flexibility index (Phi) is 9.40. The number of hydrogen-bond acceptors (Lipinski definition) is 8. The number of carboxylic acid groups (broad SMARTS) is 1. The van der Waals surface area contributed by atoms with Crippen LogP contribution in [-0.2, 0) is 12.5 Å². The van der Waals surface area contributed by atoms with Gasteiger partial charge in [0.25, 0.3) is 17.9 Å². The topological polar surface area (TPSA) is 125 Å². The molecule has 1 fully saturated rings. The summed E-state index contributed by atoms with van der Waals surface area (Å²) in [5.74, 6) is 0.217. The van der Waals surface area contributed by atoms with Crippen LogP contribution in [0, 0.1) is 36.0 Å². The summed E-state index contributed by atoms with van der Waals surface area (Å²) in [7, 11) is 0. The van der Waals surface area contributed by atoms with Gasteiger partial charge in [0.2, 0.25) is 0 Å². The van der Waals surface area contributed by atoms with E-state index < -0.39 is 47.6 Å². The van der Waals surface area contributed by atoms with E-state index in [0.717, 1.165) is 6.20 Å². The normalized spacial score (nSPS) is 14.2. The fourth-order valence-electron chi connectivity index (χ4n) is 6.09. The predicted octanol–water partition coefficient (Wildman–Crippen LogP) is 6.72. The number of piperidine rings is 1. The number of thiophene rings is 1. The largest absolute Gasteiger partial charge is 0.478 e. The van der Waals surface area contributed by atoms with Crippen molar-refractivity contribution in [2.45, 2.75) is 38.7 Å². The van der Waals surface area contributed by atoms with Crippen LogP contribution in [0.1, 0.15) is 45.8 Å². The van der Waals surface area contributed by atoms with Gasteiger partial charge in [-0.1, -0.05) is 23.4 Å². The average molecular weight is 709 g/mol. The smallest absolute Gasteiger partial charge is 0.338 e. The summed E-state index contributed by atoms with van der Waals surface area (Å²) in [5, 5.41) is 21.2. The quantitative estimate of drug-likeness (QED) is 0.146. The number of likely N-dealkylation sites (tertiary alicyclic amines) is 1. The molecule has 0 radical (unpaired) electrons. The Morgan fingerprint density at radius 1 is 1.20 bits per heavy atom. The third-order valence-electron chi connectivity index (χ3n) is 8.53. The van der Waals surface area contributed by atoms with E-state index in [0.29, 0.717) is 31.9 Å². The van der Waals surface area contributed by atoms with Crippen LogP contribution in [-0.4, -0.2) is 61.6 Å². The second-order valence-corrected chi connectivity index (χ2v) is 12.8. The molecule has 0 amide bonds. The molecule has 1 aromatic carbocycles. The molecule has 6 rings (SSSR count). The number of benzene rings is 1. The maximum Gasteiger partial charge on any atom is 0.338 e. The van der Waals surface area contributed by atoms with Crippen molar-refractivity contribution in [1.29, 1.82) is 5.26 Å². The van der Waals surface area contributed by atoms with Crippen LogP contribution in [0.3, 0.4) is 0 Å². The van der Waals surface area contributed by atoms with Crippen molar-refractivity contribution < 1.29 is 27.5 Å². The number of aromatic nitrogens is 4. The maximum atomic E-state index is 15.9. The number of nitriles is 1. The van der Waals surface area contributed by atoms with Gasteiger partial charge in [-0.3, -0.25) is 24.2 Å². The molecule has 4 aromatic heterocycles. The van der Waals surface area contributed by atoms with E-state index in [1.54, 1.807) is 37.3 Å². The van der Waals surface area contributed by atoms with E-state index in [2.05, 4.69) is 26.8 Å². The zero-order chi connectivity index (χ0) is 35.0. The molecule has 1 N–H and O–H groups in total. The van der Waals surface area contributed by atoms with Crippen LogP contribution in [0.2, 0.25) is 5.02 Å². The Bertz CT molecular complexity index is 2280. The van der Waals surface area contributed by atoms with Gasteiger partial charge in [-0.2, -0.15) is 14.0 Å². The molecule has 5 heterocycles. The first-order chi connectivity index (χ1) is 23.4. The Morgan fingerprint density at radius 2 is 1.96 bits per heavy atom. The number of aromatic carboxylic acids is 1. The molecule has 0 bridgehead atoms. The number of rotatable bonds is 7. The molecule has 5 aromatic rings. The summed E-state index contributed by atoms with van der Waals surface area (Å²) in [6.45, 7) is 0.932. The monoisotopic (exact) mass is 708 g/mol. The predicted molar refractivity (Wildman–Crippen MR) is 176 cm³/mol. The van der Waals surface area contributed by atoms with Gasteiger partial charge < -0.3 is 5.11 Å². The number of pyridine rings is 2. The maximum absolute atomic E-state index is 15.9. The highest BCUT2D eigenvalue weighted by molar-refractivity contribution is 7.18. The third kappa shape index (κ3) is 6.47. The number of alkyl halides is 4. The number of aryl methyl sites for hydroxylation is 1. The zero-order valence-corrected chi connectivity index (χ0v) is 27.3. The summed E-state index contributed by atoms with van der Waals surface area (Å²) in [6.07, 6.45) is -0.199. The number of nitrogens with zero attached hydrogens (tertiary/aromatic N) is 6. The summed E-state index contributed by atoms with van der Waals surface area (Å²) >= 11 is 7.54. The molecule has 49 heavy (non-hydrogen) atoms. The van der Waals surface area contributed by atoms with Crippen molar-refractivity contribution in [3.8, 4) is 29.0 Å². The van der Waals surface area contributed by atoms with Crippen LogP contribution in [0.15, 0.2) is 46.8 Å². The molecule has 15 heteroatoms. The molecule has 1 saturated heterocycles. The zero-order valence-electron chi connectivity index (χ0n) is 25.7. The minimum absolute atomic E-state index is 0.0204. The van der Waals surface area contributed by atoms with E-state index in [1.807, 2.05) is 0 Å². The first-order valence-corrected chi connectivity index (χ1v) is 16.2. The van der Waals surface area contributed by atoms with E-state index >= 15 is 8.78 Å². The van der Waals surface area contributed by atoms with Gasteiger partial charge in [0, 0.05) is 39.2 Å². The highest BCUT2D eigenvalue weighted by Crippen LogP contribution is 2.43. The van der Waals surface area contributed by atoms with E-state index in [4.69, 9.17) is 11.6 Å². The first-order valence-electron chi connectivity index (χ1n) is 15.0. The van der Waals surface area contributed by atoms with Crippen molar-refractivity contribution in [2.24, 2.45) is 5.92 Å². The van der Waals surface area contributed by atoms with Crippen molar-refractivity contribution in [3.05, 3.63) is 85.6 Å². The highest BCUT2D eigenvalue weighted by atomic mass is 35.5. The summed E-state index contributed by atoms with van der Waals surface area (Å²) < 4.78 is 59.2. The van der Waals surface area contributed by atoms with Gasteiger partial charge in [0.05, 0.1) is 51.5 Å². The number of carboxylic acids is 1. The lowest BCUT2D eigenvalue weighted by Gasteiger charge is -2.35. The number of halogens is 5. The first kappa shape index (κ1) is 34.0. The van der Waals surface area contributed by atoms with Crippen LogP contribution in [0.25, 0.3) is 32.2 Å². The van der Waals surface area contributed by atoms with Gasteiger partial charge in [0.15, 0.2) is 0 Å². The van der Waals surface area contributed by atoms with Crippen LogP contribution >= 0.6 is 22.9 Å². The number of carbonyl (C=O) groups is 1. The Morgan fingerprint density at radius 3 is 2.65 bits per heavy atom. The molecule has 9 nitrogen and oxygen atoms in total. The summed E-state index contributed by atoms with van der Waals surface area (Å²) in [4.78, 5) is 39.4. The van der Waals surface area contributed by atoms with Gasteiger partial charge in [0.1, 0.15) is 17.6 Å². The third-order valence-corrected chi connectivity index (χ3v) is 9.77. The van der Waals surface area contributed by atoms with Gasteiger partial charge >= 0.3 is 5.97 Å². The molecule has 0 spiro atoms.